The second-order valence-corrected chi connectivity index (χ2v) is 5.29. The van der Waals surface area contributed by atoms with Crippen molar-refractivity contribution in [1.82, 2.24) is 15.3 Å². The summed E-state index contributed by atoms with van der Waals surface area (Å²) < 4.78 is 5.62. The van der Waals surface area contributed by atoms with E-state index in [2.05, 4.69) is 20.6 Å². The molecule has 2 aromatic heterocycles. The number of para-hydroxylation sites is 2. The van der Waals surface area contributed by atoms with E-state index in [0.29, 0.717) is 19.1 Å². The van der Waals surface area contributed by atoms with Crippen molar-refractivity contribution < 1.29 is 9.21 Å². The Kier molecular flexibility index (Phi) is 3.30. The lowest BCUT2D eigenvalue weighted by atomic mass is 10.3. The van der Waals surface area contributed by atoms with Crippen molar-refractivity contribution in [3.05, 3.63) is 42.6 Å². The third-order valence-corrected chi connectivity index (χ3v) is 3.66. The first kappa shape index (κ1) is 13.6. The molecule has 0 unspecified atom stereocenters. The number of pyridine rings is 1. The van der Waals surface area contributed by atoms with Crippen molar-refractivity contribution in [2.24, 2.45) is 0 Å². The van der Waals surface area contributed by atoms with Gasteiger partial charge in [0.2, 0.25) is 5.91 Å². The summed E-state index contributed by atoms with van der Waals surface area (Å²) in [5, 5.41) is 5.89. The highest BCUT2D eigenvalue weighted by Gasteiger charge is 2.17. The number of carbonyl (C=O) groups excluding carboxylic acids is 1. The van der Waals surface area contributed by atoms with Crippen molar-refractivity contribution in [3.8, 4) is 0 Å². The van der Waals surface area contributed by atoms with Gasteiger partial charge in [0.15, 0.2) is 5.58 Å². The summed E-state index contributed by atoms with van der Waals surface area (Å²) in [7, 11) is 0. The molecule has 1 aliphatic heterocycles. The minimum Gasteiger partial charge on any atom is -0.423 e. The van der Waals surface area contributed by atoms with E-state index < -0.39 is 0 Å². The molecule has 3 aromatic rings. The summed E-state index contributed by atoms with van der Waals surface area (Å²) in [6.07, 6.45) is 1.71. The molecule has 23 heavy (non-hydrogen) atoms. The van der Waals surface area contributed by atoms with Gasteiger partial charge >= 0.3 is 0 Å². The number of oxazole rings is 1. The Bertz CT molecular complexity index is 810. The lowest BCUT2D eigenvalue weighted by Crippen LogP contribution is -2.48. The van der Waals surface area contributed by atoms with Crippen LogP contribution in [0.4, 0.5) is 17.5 Å². The van der Waals surface area contributed by atoms with E-state index in [9.17, 15) is 4.79 Å². The van der Waals surface area contributed by atoms with Crippen molar-refractivity contribution in [2.45, 2.75) is 0 Å². The summed E-state index contributed by atoms with van der Waals surface area (Å²) in [4.78, 5) is 22.1. The fraction of sp³-hybridized carbons (Fsp3) is 0.188. The summed E-state index contributed by atoms with van der Waals surface area (Å²) in [6.45, 7) is 1.74. The van der Waals surface area contributed by atoms with Crippen LogP contribution in [0.5, 0.6) is 0 Å². The average molecular weight is 309 g/mol. The fourth-order valence-corrected chi connectivity index (χ4v) is 2.53. The molecule has 1 aliphatic rings. The number of fused-ring (bicyclic) bond motifs is 1. The predicted molar refractivity (Wildman–Crippen MR) is 86.8 cm³/mol. The molecule has 0 aliphatic carbocycles. The number of anilines is 3. The molecule has 3 heterocycles. The number of piperazine rings is 1. The van der Waals surface area contributed by atoms with Gasteiger partial charge in [0, 0.05) is 13.1 Å². The van der Waals surface area contributed by atoms with Crippen LogP contribution in [0.15, 0.2) is 47.0 Å². The quantitative estimate of drug-likeness (QED) is 0.769. The maximum Gasteiger partial charge on any atom is 0.300 e. The Morgan fingerprint density at radius 3 is 2.91 bits per heavy atom. The zero-order chi connectivity index (χ0) is 15.6. The van der Waals surface area contributed by atoms with Crippen molar-refractivity contribution in [1.29, 1.82) is 0 Å². The molecule has 4 rings (SSSR count). The minimum atomic E-state index is 0.0201. The molecule has 0 spiro atoms. The standard InChI is InChI=1S/C16H15N5O2/c22-15-10-21(8-7-17-15)14-6-5-11(9-18-14)19-16-20-12-3-1-2-4-13(12)23-16/h1-6,9H,7-8,10H2,(H,17,22)(H,19,20). The van der Waals surface area contributed by atoms with Crippen LogP contribution in [0.1, 0.15) is 0 Å². The lowest BCUT2D eigenvalue weighted by molar-refractivity contribution is -0.120. The van der Waals surface area contributed by atoms with Gasteiger partial charge < -0.3 is 20.0 Å². The largest absolute Gasteiger partial charge is 0.423 e. The second kappa shape index (κ2) is 5.60. The highest BCUT2D eigenvalue weighted by molar-refractivity contribution is 5.82. The predicted octanol–water partition coefficient (Wildman–Crippen LogP) is 1.90. The first-order chi connectivity index (χ1) is 11.3. The summed E-state index contributed by atoms with van der Waals surface area (Å²) in [5.41, 5.74) is 2.32. The van der Waals surface area contributed by atoms with Crippen molar-refractivity contribution in [2.75, 3.05) is 29.9 Å². The number of hydrogen-bond donors (Lipinski definition) is 2. The molecule has 0 saturated carbocycles. The van der Waals surface area contributed by atoms with Gasteiger partial charge in [-0.1, -0.05) is 12.1 Å². The smallest absolute Gasteiger partial charge is 0.300 e. The van der Waals surface area contributed by atoms with Crippen LogP contribution in [0.2, 0.25) is 0 Å². The maximum absolute atomic E-state index is 11.4. The number of hydrogen-bond acceptors (Lipinski definition) is 6. The Morgan fingerprint density at radius 1 is 1.22 bits per heavy atom. The van der Waals surface area contributed by atoms with Crippen LogP contribution in [-0.2, 0) is 4.79 Å². The van der Waals surface area contributed by atoms with Gasteiger partial charge in [0.1, 0.15) is 11.3 Å². The number of amides is 1. The number of aromatic nitrogens is 2. The molecule has 0 atom stereocenters. The van der Waals surface area contributed by atoms with Gasteiger partial charge in [-0.2, -0.15) is 4.98 Å². The SMILES string of the molecule is O=C1CN(c2ccc(Nc3nc4ccccc4o3)cn2)CCN1. The monoisotopic (exact) mass is 309 g/mol. The molecule has 7 heteroatoms. The first-order valence-corrected chi connectivity index (χ1v) is 7.38. The fourth-order valence-electron chi connectivity index (χ4n) is 2.53. The van der Waals surface area contributed by atoms with Crippen LogP contribution in [0, 0.1) is 0 Å². The topological polar surface area (TPSA) is 83.3 Å². The second-order valence-electron chi connectivity index (χ2n) is 5.29. The number of benzene rings is 1. The van der Waals surface area contributed by atoms with Gasteiger partial charge in [-0.05, 0) is 24.3 Å². The van der Waals surface area contributed by atoms with Gasteiger partial charge in [-0.25, -0.2) is 4.98 Å². The average Bonchev–Trinajstić information content (AvgIpc) is 2.98. The van der Waals surface area contributed by atoms with E-state index in [1.807, 2.05) is 41.3 Å². The normalized spacial score (nSPS) is 14.8. The zero-order valence-corrected chi connectivity index (χ0v) is 12.3. The van der Waals surface area contributed by atoms with Crippen LogP contribution in [-0.4, -0.2) is 35.5 Å². The molecule has 1 aromatic carbocycles. The summed E-state index contributed by atoms with van der Waals surface area (Å²) in [5.74, 6) is 0.801. The molecule has 1 saturated heterocycles. The molecular formula is C16H15N5O2. The highest BCUT2D eigenvalue weighted by atomic mass is 16.4. The molecular weight excluding hydrogens is 294 g/mol. The highest BCUT2D eigenvalue weighted by Crippen LogP contribution is 2.22. The third-order valence-electron chi connectivity index (χ3n) is 3.66. The van der Waals surface area contributed by atoms with Gasteiger partial charge in [0.25, 0.3) is 6.01 Å². The number of nitrogens with one attached hydrogen (secondary N) is 2. The van der Waals surface area contributed by atoms with Crippen LogP contribution < -0.4 is 15.5 Å². The molecule has 0 radical (unpaired) electrons. The molecule has 0 bridgehead atoms. The van der Waals surface area contributed by atoms with E-state index >= 15 is 0 Å². The number of carbonyl (C=O) groups is 1. The number of rotatable bonds is 3. The molecule has 1 amide bonds. The zero-order valence-electron chi connectivity index (χ0n) is 12.3. The Morgan fingerprint density at radius 2 is 2.13 bits per heavy atom. The molecule has 1 fully saturated rings. The van der Waals surface area contributed by atoms with Gasteiger partial charge in [-0.3, -0.25) is 4.79 Å². The van der Waals surface area contributed by atoms with E-state index in [1.54, 1.807) is 6.20 Å². The Balaban J connectivity index is 1.50. The summed E-state index contributed by atoms with van der Waals surface area (Å²) in [6, 6.07) is 11.8. The van der Waals surface area contributed by atoms with Crippen LogP contribution >= 0.6 is 0 Å². The number of nitrogens with zero attached hydrogens (tertiary/aromatic N) is 3. The van der Waals surface area contributed by atoms with E-state index in [4.69, 9.17) is 4.42 Å². The maximum atomic E-state index is 11.4. The Hall–Kier alpha value is -3.09. The molecule has 7 nitrogen and oxygen atoms in total. The van der Waals surface area contributed by atoms with Gasteiger partial charge in [0.05, 0.1) is 18.4 Å². The molecule has 2 N–H and O–H groups in total. The Labute approximate surface area is 132 Å². The van der Waals surface area contributed by atoms with Crippen molar-refractivity contribution >= 4 is 34.5 Å². The third kappa shape index (κ3) is 2.80. The lowest BCUT2D eigenvalue weighted by Gasteiger charge is -2.27. The van der Waals surface area contributed by atoms with Crippen LogP contribution in [0.3, 0.4) is 0 Å². The van der Waals surface area contributed by atoms with E-state index in [1.165, 1.54) is 0 Å². The molecule has 116 valence electrons. The first-order valence-electron chi connectivity index (χ1n) is 7.38. The summed E-state index contributed by atoms with van der Waals surface area (Å²) >= 11 is 0. The van der Waals surface area contributed by atoms with E-state index in [-0.39, 0.29) is 5.91 Å². The minimum absolute atomic E-state index is 0.0201. The van der Waals surface area contributed by atoms with Gasteiger partial charge in [-0.15, -0.1) is 0 Å². The van der Waals surface area contributed by atoms with Crippen LogP contribution in [0.25, 0.3) is 11.1 Å². The van der Waals surface area contributed by atoms with Crippen molar-refractivity contribution in [3.63, 3.8) is 0 Å². The van der Waals surface area contributed by atoms with E-state index in [0.717, 1.165) is 29.1 Å².